The maximum Gasteiger partial charge on any atom is 0.231 e. The lowest BCUT2D eigenvalue weighted by atomic mass is 9.87. The summed E-state index contributed by atoms with van der Waals surface area (Å²) in [5.41, 5.74) is 2.27. The Morgan fingerprint density at radius 2 is 1.96 bits per heavy atom. The largest absolute Gasteiger partial charge is 0.496 e. The monoisotopic (exact) mass is 359 g/mol. The molecule has 1 N–H and O–H groups in total. The van der Waals surface area contributed by atoms with Crippen LogP contribution >= 0.6 is 11.6 Å². The molecule has 4 rings (SSSR count). The van der Waals surface area contributed by atoms with Crippen LogP contribution in [-0.2, 0) is 12.1 Å². The third-order valence-corrected chi connectivity index (χ3v) is 5.48. The van der Waals surface area contributed by atoms with Gasteiger partial charge >= 0.3 is 0 Å². The summed E-state index contributed by atoms with van der Waals surface area (Å²) in [4.78, 5) is 0. The van der Waals surface area contributed by atoms with Gasteiger partial charge in [-0.05, 0) is 36.6 Å². The van der Waals surface area contributed by atoms with E-state index in [4.69, 9.17) is 25.8 Å². The second kappa shape index (κ2) is 6.77. The van der Waals surface area contributed by atoms with Gasteiger partial charge in [0.2, 0.25) is 6.79 Å². The molecule has 1 saturated carbocycles. The first-order valence-electron chi connectivity index (χ1n) is 8.68. The molecule has 132 valence electrons. The van der Waals surface area contributed by atoms with Crippen molar-refractivity contribution < 1.29 is 14.2 Å². The predicted octanol–water partition coefficient (Wildman–Crippen LogP) is 4.64. The molecule has 2 aromatic rings. The predicted molar refractivity (Wildman–Crippen MR) is 97.6 cm³/mol. The van der Waals surface area contributed by atoms with Gasteiger partial charge in [0.15, 0.2) is 11.5 Å². The van der Waals surface area contributed by atoms with Crippen molar-refractivity contribution >= 4 is 11.6 Å². The van der Waals surface area contributed by atoms with Gasteiger partial charge in [0.25, 0.3) is 0 Å². The fraction of sp³-hybridized carbons (Fsp3) is 0.400. The molecule has 0 unspecified atom stereocenters. The highest BCUT2D eigenvalue weighted by Gasteiger charge is 2.37. The van der Waals surface area contributed by atoms with Gasteiger partial charge in [-0.1, -0.05) is 42.6 Å². The number of rotatable bonds is 5. The fourth-order valence-corrected chi connectivity index (χ4v) is 4.24. The molecule has 2 aliphatic rings. The molecule has 0 radical (unpaired) electrons. The van der Waals surface area contributed by atoms with Crippen LogP contribution in [0.4, 0.5) is 0 Å². The molecule has 2 aromatic carbocycles. The van der Waals surface area contributed by atoms with Crippen LogP contribution in [0.1, 0.15) is 36.8 Å². The Morgan fingerprint density at radius 1 is 1.16 bits per heavy atom. The van der Waals surface area contributed by atoms with E-state index < -0.39 is 0 Å². The number of nitrogens with one attached hydrogen (secondary N) is 1. The van der Waals surface area contributed by atoms with Crippen LogP contribution in [0, 0.1) is 0 Å². The zero-order chi connectivity index (χ0) is 17.3. The highest BCUT2D eigenvalue weighted by atomic mass is 35.5. The van der Waals surface area contributed by atoms with E-state index in [1.807, 2.05) is 24.3 Å². The Labute approximate surface area is 153 Å². The highest BCUT2D eigenvalue weighted by molar-refractivity contribution is 6.32. The number of fused-ring (bicyclic) bond motifs is 1. The lowest BCUT2D eigenvalue weighted by molar-refractivity contribution is 0.174. The van der Waals surface area contributed by atoms with E-state index >= 15 is 0 Å². The lowest BCUT2D eigenvalue weighted by Crippen LogP contribution is -2.39. The molecule has 5 heteroatoms. The molecule has 4 nitrogen and oxygen atoms in total. The summed E-state index contributed by atoms with van der Waals surface area (Å²) in [5.74, 6) is 2.31. The van der Waals surface area contributed by atoms with Crippen LogP contribution in [0.15, 0.2) is 36.4 Å². The van der Waals surface area contributed by atoms with E-state index in [0.29, 0.717) is 17.3 Å². The Balaban J connectivity index is 1.60. The smallest absolute Gasteiger partial charge is 0.231 e. The molecule has 0 amide bonds. The van der Waals surface area contributed by atoms with Gasteiger partial charge in [-0.2, -0.15) is 0 Å². The van der Waals surface area contributed by atoms with E-state index in [1.165, 1.54) is 18.4 Å². The van der Waals surface area contributed by atoms with E-state index in [2.05, 4.69) is 17.4 Å². The van der Waals surface area contributed by atoms with E-state index in [0.717, 1.165) is 29.9 Å². The second-order valence-electron chi connectivity index (χ2n) is 6.65. The number of benzene rings is 2. The Morgan fingerprint density at radius 3 is 2.76 bits per heavy atom. The van der Waals surface area contributed by atoms with Crippen LogP contribution in [0.5, 0.6) is 17.2 Å². The molecule has 0 aromatic heterocycles. The molecular weight excluding hydrogens is 338 g/mol. The third-order valence-electron chi connectivity index (χ3n) is 5.20. The van der Waals surface area contributed by atoms with Crippen molar-refractivity contribution in [2.75, 3.05) is 13.9 Å². The Kier molecular flexibility index (Phi) is 4.48. The van der Waals surface area contributed by atoms with Gasteiger partial charge in [0.05, 0.1) is 12.1 Å². The normalized spacial score (nSPS) is 17.7. The maximum atomic E-state index is 6.32. The molecule has 1 aliphatic heterocycles. The Bertz CT molecular complexity index is 772. The van der Waals surface area contributed by atoms with Gasteiger partial charge in [0, 0.05) is 17.6 Å². The van der Waals surface area contributed by atoms with Crippen molar-refractivity contribution in [3.63, 3.8) is 0 Å². The van der Waals surface area contributed by atoms with Crippen molar-refractivity contribution in [1.82, 2.24) is 5.32 Å². The molecule has 1 aliphatic carbocycles. The minimum absolute atomic E-state index is 0.0601. The van der Waals surface area contributed by atoms with Crippen molar-refractivity contribution in [1.29, 1.82) is 0 Å². The zero-order valence-corrected chi connectivity index (χ0v) is 15.1. The first-order valence-corrected chi connectivity index (χ1v) is 9.06. The van der Waals surface area contributed by atoms with Crippen LogP contribution in [0.25, 0.3) is 0 Å². The lowest BCUT2D eigenvalue weighted by Gasteiger charge is -2.32. The quantitative estimate of drug-likeness (QED) is 0.844. The minimum Gasteiger partial charge on any atom is -0.496 e. The summed E-state index contributed by atoms with van der Waals surface area (Å²) >= 11 is 6.32. The SMILES string of the molecule is COc1ccccc1C1(NCc2cc(Cl)c3c(c2)OCO3)CCCC1. The topological polar surface area (TPSA) is 39.7 Å². The van der Waals surface area contributed by atoms with Gasteiger partial charge in [-0.3, -0.25) is 0 Å². The fourth-order valence-electron chi connectivity index (χ4n) is 3.95. The van der Waals surface area contributed by atoms with E-state index in [-0.39, 0.29) is 12.3 Å². The van der Waals surface area contributed by atoms with Gasteiger partial charge in [0.1, 0.15) is 5.75 Å². The zero-order valence-electron chi connectivity index (χ0n) is 14.3. The average molecular weight is 360 g/mol. The number of hydrogen-bond donors (Lipinski definition) is 1. The van der Waals surface area contributed by atoms with Crippen molar-refractivity contribution in [3.8, 4) is 17.2 Å². The first kappa shape index (κ1) is 16.6. The highest BCUT2D eigenvalue weighted by Crippen LogP contribution is 2.44. The molecular formula is C20H22ClNO3. The Hall–Kier alpha value is -1.91. The van der Waals surface area contributed by atoms with Crippen LogP contribution in [0.2, 0.25) is 5.02 Å². The number of hydrogen-bond acceptors (Lipinski definition) is 4. The molecule has 1 fully saturated rings. The van der Waals surface area contributed by atoms with Crippen LogP contribution < -0.4 is 19.5 Å². The molecule has 1 heterocycles. The molecule has 0 bridgehead atoms. The van der Waals surface area contributed by atoms with Gasteiger partial charge in [-0.15, -0.1) is 0 Å². The standard InChI is InChI=1S/C20H22ClNO3/c1-23-17-7-3-2-6-15(17)20(8-4-5-9-20)22-12-14-10-16(21)19-18(11-14)24-13-25-19/h2-3,6-7,10-11,22H,4-5,8-9,12-13H2,1H3. The summed E-state index contributed by atoms with van der Waals surface area (Å²) < 4.78 is 16.5. The van der Waals surface area contributed by atoms with Gasteiger partial charge in [-0.25, -0.2) is 0 Å². The summed E-state index contributed by atoms with van der Waals surface area (Å²) in [6, 6.07) is 12.3. The molecule has 0 atom stereocenters. The number of methoxy groups -OCH3 is 1. The molecule has 25 heavy (non-hydrogen) atoms. The van der Waals surface area contributed by atoms with Gasteiger partial charge < -0.3 is 19.5 Å². The summed E-state index contributed by atoms with van der Waals surface area (Å²) in [5, 5.41) is 4.39. The van der Waals surface area contributed by atoms with Crippen molar-refractivity contribution in [2.24, 2.45) is 0 Å². The molecule has 0 saturated heterocycles. The maximum absolute atomic E-state index is 6.32. The van der Waals surface area contributed by atoms with Crippen molar-refractivity contribution in [2.45, 2.75) is 37.8 Å². The first-order chi connectivity index (χ1) is 12.2. The minimum atomic E-state index is -0.0601. The van der Waals surface area contributed by atoms with Crippen molar-refractivity contribution in [3.05, 3.63) is 52.5 Å². The van der Waals surface area contributed by atoms with Crippen LogP contribution in [0.3, 0.4) is 0 Å². The summed E-state index contributed by atoms with van der Waals surface area (Å²) in [7, 11) is 1.74. The average Bonchev–Trinajstić information content (AvgIpc) is 3.30. The summed E-state index contributed by atoms with van der Waals surface area (Å²) in [6.45, 7) is 0.950. The summed E-state index contributed by atoms with van der Waals surface area (Å²) in [6.07, 6.45) is 4.64. The molecule has 0 spiro atoms. The second-order valence-corrected chi connectivity index (χ2v) is 7.06. The van der Waals surface area contributed by atoms with E-state index in [1.54, 1.807) is 7.11 Å². The van der Waals surface area contributed by atoms with Crippen LogP contribution in [-0.4, -0.2) is 13.9 Å². The number of halogens is 1. The van der Waals surface area contributed by atoms with E-state index in [9.17, 15) is 0 Å². The number of para-hydroxylation sites is 1. The number of ether oxygens (including phenoxy) is 3. The third kappa shape index (κ3) is 3.05.